The molecule has 1 saturated carbocycles. The molecule has 1 aromatic rings. The van der Waals surface area contributed by atoms with Crippen molar-refractivity contribution in [3.05, 3.63) is 33.8 Å². The van der Waals surface area contributed by atoms with E-state index in [4.69, 9.17) is 23.2 Å². The van der Waals surface area contributed by atoms with Gasteiger partial charge >= 0.3 is 0 Å². The average molecular weight is 287 g/mol. The maximum Gasteiger partial charge on any atom is 0.0608 e. The third-order valence-electron chi connectivity index (χ3n) is 3.95. The van der Waals surface area contributed by atoms with Crippen LogP contribution < -0.4 is 0 Å². The molecule has 1 nitrogen and oxygen atoms in total. The molecule has 2 rings (SSSR count). The van der Waals surface area contributed by atoms with Crippen LogP contribution in [-0.4, -0.2) is 11.2 Å². The fraction of sp³-hybridized carbons (Fsp3) is 0.600. The molecule has 18 heavy (non-hydrogen) atoms. The quantitative estimate of drug-likeness (QED) is 0.852. The van der Waals surface area contributed by atoms with E-state index < -0.39 is 0 Å². The zero-order chi connectivity index (χ0) is 13.1. The number of hydrogen-bond donors (Lipinski definition) is 1. The Morgan fingerprint density at radius 2 is 2.06 bits per heavy atom. The molecule has 0 amide bonds. The summed E-state index contributed by atoms with van der Waals surface area (Å²) < 4.78 is 0. The Hall–Kier alpha value is -0.240. The molecule has 1 aromatic carbocycles. The first-order valence-corrected chi connectivity index (χ1v) is 7.44. The van der Waals surface area contributed by atoms with E-state index in [1.807, 2.05) is 12.1 Å². The molecule has 1 N–H and O–H groups in total. The highest BCUT2D eigenvalue weighted by Crippen LogP contribution is 2.32. The second-order valence-electron chi connectivity index (χ2n) is 5.55. The number of rotatable bonds is 3. The van der Waals surface area contributed by atoms with Crippen LogP contribution in [0.3, 0.4) is 0 Å². The predicted octanol–water partition coefficient (Wildman–Crippen LogP) is 4.72. The lowest BCUT2D eigenvalue weighted by Crippen LogP contribution is -2.27. The van der Waals surface area contributed by atoms with Gasteiger partial charge in [-0.25, -0.2) is 0 Å². The van der Waals surface area contributed by atoms with Crippen molar-refractivity contribution in [2.24, 2.45) is 11.8 Å². The van der Waals surface area contributed by atoms with Crippen LogP contribution in [0.5, 0.6) is 0 Å². The number of hydrogen-bond acceptors (Lipinski definition) is 1. The zero-order valence-electron chi connectivity index (χ0n) is 10.7. The molecule has 0 radical (unpaired) electrons. The molecule has 3 unspecified atom stereocenters. The topological polar surface area (TPSA) is 20.2 Å². The second kappa shape index (κ2) is 6.27. The SMILES string of the molecule is CC1CCCC(C(O)Cc2ccc(Cl)c(Cl)c2)C1. The molecule has 0 saturated heterocycles. The number of benzene rings is 1. The smallest absolute Gasteiger partial charge is 0.0608 e. The van der Waals surface area contributed by atoms with Gasteiger partial charge in [0.2, 0.25) is 0 Å². The van der Waals surface area contributed by atoms with E-state index in [0.717, 1.165) is 24.3 Å². The van der Waals surface area contributed by atoms with Gasteiger partial charge in [0.05, 0.1) is 16.1 Å². The van der Waals surface area contributed by atoms with E-state index in [2.05, 4.69) is 6.92 Å². The van der Waals surface area contributed by atoms with Gasteiger partial charge in [0.25, 0.3) is 0 Å². The summed E-state index contributed by atoms with van der Waals surface area (Å²) in [5.41, 5.74) is 1.06. The standard InChI is InChI=1S/C15H20Cl2O/c1-10-3-2-4-12(7-10)15(18)9-11-5-6-13(16)14(17)8-11/h5-6,8,10,12,15,18H,2-4,7,9H2,1H3. The summed E-state index contributed by atoms with van der Waals surface area (Å²) >= 11 is 11.9. The van der Waals surface area contributed by atoms with Crippen LogP contribution in [0.1, 0.15) is 38.2 Å². The highest BCUT2D eigenvalue weighted by Gasteiger charge is 2.25. The van der Waals surface area contributed by atoms with Crippen molar-refractivity contribution >= 4 is 23.2 Å². The van der Waals surface area contributed by atoms with Crippen LogP contribution in [0, 0.1) is 11.8 Å². The highest BCUT2D eigenvalue weighted by molar-refractivity contribution is 6.42. The summed E-state index contributed by atoms with van der Waals surface area (Å²) in [5, 5.41) is 11.5. The summed E-state index contributed by atoms with van der Waals surface area (Å²) in [4.78, 5) is 0. The van der Waals surface area contributed by atoms with Gasteiger partial charge in [0.1, 0.15) is 0 Å². The van der Waals surface area contributed by atoms with E-state index in [1.165, 1.54) is 12.8 Å². The zero-order valence-corrected chi connectivity index (χ0v) is 12.2. The Kier molecular flexibility index (Phi) is 4.94. The molecule has 100 valence electrons. The first kappa shape index (κ1) is 14.2. The van der Waals surface area contributed by atoms with Crippen LogP contribution in [0.4, 0.5) is 0 Å². The molecule has 0 heterocycles. The minimum Gasteiger partial charge on any atom is -0.392 e. The summed E-state index contributed by atoms with van der Waals surface area (Å²) in [6, 6.07) is 5.61. The van der Waals surface area contributed by atoms with Crippen LogP contribution in [0.15, 0.2) is 18.2 Å². The van der Waals surface area contributed by atoms with E-state index in [-0.39, 0.29) is 6.10 Å². The molecular weight excluding hydrogens is 267 g/mol. The molecule has 3 heteroatoms. The molecule has 0 aromatic heterocycles. The van der Waals surface area contributed by atoms with E-state index in [0.29, 0.717) is 22.4 Å². The van der Waals surface area contributed by atoms with Crippen molar-refractivity contribution in [2.75, 3.05) is 0 Å². The number of halogens is 2. The van der Waals surface area contributed by atoms with Crippen LogP contribution in [-0.2, 0) is 6.42 Å². The third kappa shape index (κ3) is 3.63. The van der Waals surface area contributed by atoms with E-state index in [9.17, 15) is 5.11 Å². The summed E-state index contributed by atoms with van der Waals surface area (Å²) in [5.74, 6) is 1.18. The Morgan fingerprint density at radius 1 is 1.28 bits per heavy atom. The third-order valence-corrected chi connectivity index (χ3v) is 4.69. The summed E-state index contributed by atoms with van der Waals surface area (Å²) in [7, 11) is 0. The molecule has 1 aliphatic rings. The fourth-order valence-corrected chi connectivity index (χ4v) is 3.23. The van der Waals surface area contributed by atoms with Crippen molar-refractivity contribution in [3.8, 4) is 0 Å². The average Bonchev–Trinajstić information content (AvgIpc) is 2.34. The first-order valence-electron chi connectivity index (χ1n) is 6.68. The van der Waals surface area contributed by atoms with Crippen molar-refractivity contribution in [1.82, 2.24) is 0 Å². The van der Waals surface area contributed by atoms with E-state index >= 15 is 0 Å². The Bertz CT molecular complexity index is 405. The maximum atomic E-state index is 10.3. The van der Waals surface area contributed by atoms with Crippen molar-refractivity contribution in [3.63, 3.8) is 0 Å². The first-order chi connectivity index (χ1) is 8.56. The van der Waals surface area contributed by atoms with Gasteiger partial charge in [-0.2, -0.15) is 0 Å². The Morgan fingerprint density at radius 3 is 2.72 bits per heavy atom. The fourth-order valence-electron chi connectivity index (χ4n) is 2.91. The van der Waals surface area contributed by atoms with Crippen LogP contribution in [0.25, 0.3) is 0 Å². The molecule has 0 aliphatic heterocycles. The van der Waals surface area contributed by atoms with Crippen LogP contribution in [0.2, 0.25) is 10.0 Å². The molecular formula is C15H20Cl2O. The molecule has 0 bridgehead atoms. The monoisotopic (exact) mass is 286 g/mol. The Labute approximate surface area is 119 Å². The number of aliphatic hydroxyl groups excluding tert-OH is 1. The summed E-state index contributed by atoms with van der Waals surface area (Å²) in [6.07, 6.45) is 5.24. The molecule has 3 atom stereocenters. The van der Waals surface area contributed by atoms with Gasteiger partial charge < -0.3 is 5.11 Å². The Balaban J connectivity index is 1.97. The predicted molar refractivity (Wildman–Crippen MR) is 77.3 cm³/mol. The van der Waals surface area contributed by atoms with Gasteiger partial charge in [-0.15, -0.1) is 0 Å². The number of aliphatic hydroxyl groups is 1. The highest BCUT2D eigenvalue weighted by atomic mass is 35.5. The van der Waals surface area contributed by atoms with Crippen LogP contribution >= 0.6 is 23.2 Å². The van der Waals surface area contributed by atoms with Gasteiger partial charge in [-0.05, 0) is 48.8 Å². The largest absolute Gasteiger partial charge is 0.392 e. The van der Waals surface area contributed by atoms with Gasteiger partial charge in [0.15, 0.2) is 0 Å². The molecule has 1 aliphatic carbocycles. The van der Waals surface area contributed by atoms with E-state index in [1.54, 1.807) is 6.07 Å². The second-order valence-corrected chi connectivity index (χ2v) is 6.37. The van der Waals surface area contributed by atoms with Crippen molar-refractivity contribution < 1.29 is 5.11 Å². The van der Waals surface area contributed by atoms with Gasteiger partial charge in [-0.1, -0.05) is 49.0 Å². The van der Waals surface area contributed by atoms with Gasteiger partial charge in [-0.3, -0.25) is 0 Å². The molecule has 1 fully saturated rings. The lowest BCUT2D eigenvalue weighted by atomic mass is 9.78. The lowest BCUT2D eigenvalue weighted by molar-refractivity contribution is 0.0720. The van der Waals surface area contributed by atoms with Crippen molar-refractivity contribution in [2.45, 2.75) is 45.1 Å². The maximum absolute atomic E-state index is 10.3. The molecule has 0 spiro atoms. The van der Waals surface area contributed by atoms with Crippen molar-refractivity contribution in [1.29, 1.82) is 0 Å². The summed E-state index contributed by atoms with van der Waals surface area (Å²) in [6.45, 7) is 2.28. The minimum atomic E-state index is -0.259. The normalized spacial score (nSPS) is 26.0. The van der Waals surface area contributed by atoms with Gasteiger partial charge in [0, 0.05) is 0 Å². The minimum absolute atomic E-state index is 0.259. The lowest BCUT2D eigenvalue weighted by Gasteiger charge is -2.30.